The molecule has 0 bridgehead atoms. The summed E-state index contributed by atoms with van der Waals surface area (Å²) in [5.41, 5.74) is 5.39. The van der Waals surface area contributed by atoms with E-state index < -0.39 is 0 Å². The van der Waals surface area contributed by atoms with E-state index in [1.54, 1.807) is 10.9 Å². The first-order chi connectivity index (χ1) is 10.3. The van der Waals surface area contributed by atoms with E-state index in [-0.39, 0.29) is 5.78 Å². The Hall–Kier alpha value is -2.95. The number of imidazole rings is 1. The average molecular weight is 278 g/mol. The average Bonchev–Trinajstić information content (AvgIpc) is 2.92. The van der Waals surface area contributed by atoms with Crippen molar-refractivity contribution in [3.63, 3.8) is 0 Å². The van der Waals surface area contributed by atoms with E-state index in [2.05, 4.69) is 15.5 Å². The van der Waals surface area contributed by atoms with E-state index in [0.717, 1.165) is 16.7 Å². The van der Waals surface area contributed by atoms with Crippen LogP contribution in [0.15, 0.2) is 66.0 Å². The van der Waals surface area contributed by atoms with Crippen LogP contribution >= 0.6 is 0 Å². The van der Waals surface area contributed by atoms with Crippen LogP contribution in [-0.2, 0) is 4.79 Å². The summed E-state index contributed by atoms with van der Waals surface area (Å²) in [4.78, 5) is 16.2. The van der Waals surface area contributed by atoms with Crippen molar-refractivity contribution >= 4 is 28.3 Å². The third-order valence-corrected chi connectivity index (χ3v) is 3.06. The number of hydrogen-bond donors (Lipinski definition) is 1. The highest BCUT2D eigenvalue weighted by Gasteiger charge is 2.12. The maximum atomic E-state index is 11.9. The van der Waals surface area contributed by atoms with E-state index in [9.17, 15) is 4.79 Å². The number of fused-ring (bicyclic) bond motifs is 1. The fourth-order valence-electron chi connectivity index (χ4n) is 2.06. The number of rotatable bonds is 3. The molecule has 0 amide bonds. The molecule has 0 radical (unpaired) electrons. The van der Waals surface area contributed by atoms with Crippen LogP contribution in [-0.4, -0.2) is 21.2 Å². The number of hydrazone groups is 1. The predicted molar refractivity (Wildman–Crippen MR) is 83.3 cm³/mol. The third kappa shape index (κ3) is 2.67. The lowest BCUT2D eigenvalue weighted by molar-refractivity contribution is -0.111. The Kier molecular flexibility index (Phi) is 3.47. The van der Waals surface area contributed by atoms with Crippen LogP contribution in [0.3, 0.4) is 0 Å². The zero-order valence-corrected chi connectivity index (χ0v) is 11.5. The molecule has 21 heavy (non-hydrogen) atoms. The summed E-state index contributed by atoms with van der Waals surface area (Å²) in [6, 6.07) is 17.1. The Morgan fingerprint density at radius 3 is 2.57 bits per heavy atom. The summed E-state index contributed by atoms with van der Waals surface area (Å²) in [6.45, 7) is 1.49. The fraction of sp³-hybridized carbons (Fsp3) is 0.0625. The molecule has 0 saturated heterocycles. The summed E-state index contributed by atoms with van der Waals surface area (Å²) >= 11 is 0. The van der Waals surface area contributed by atoms with Gasteiger partial charge >= 0.3 is 0 Å². The van der Waals surface area contributed by atoms with Crippen LogP contribution in [0.2, 0.25) is 0 Å². The van der Waals surface area contributed by atoms with Crippen LogP contribution in [0.25, 0.3) is 11.0 Å². The second-order valence-corrected chi connectivity index (χ2v) is 4.57. The molecule has 3 aromatic rings. The standard InChI is InChI=1S/C16H14N4O/c1-12(21)16(19-18-13-7-3-2-4-8-13)20-11-17-14-9-5-6-10-15(14)20/h2-11,18H,1H3. The van der Waals surface area contributed by atoms with Crippen LogP contribution in [0.5, 0.6) is 0 Å². The largest absolute Gasteiger partial charge is 0.291 e. The molecule has 0 fully saturated rings. The number of Topliss-reactive ketones (excluding diaryl/α,β-unsaturated/α-hetero) is 1. The number of aromatic nitrogens is 2. The second kappa shape index (κ2) is 5.58. The molecule has 0 aliphatic carbocycles. The quantitative estimate of drug-likeness (QED) is 0.455. The zero-order chi connectivity index (χ0) is 14.7. The predicted octanol–water partition coefficient (Wildman–Crippen LogP) is 2.90. The molecule has 104 valence electrons. The monoisotopic (exact) mass is 278 g/mol. The van der Waals surface area contributed by atoms with Crippen LogP contribution in [0.1, 0.15) is 6.92 Å². The molecule has 1 N–H and O–H groups in total. The minimum atomic E-state index is -0.137. The third-order valence-electron chi connectivity index (χ3n) is 3.06. The number of ketones is 1. The molecule has 1 heterocycles. The summed E-state index contributed by atoms with van der Waals surface area (Å²) in [7, 11) is 0. The lowest BCUT2D eigenvalue weighted by atomic mass is 10.3. The summed E-state index contributed by atoms with van der Waals surface area (Å²) in [5, 5.41) is 4.23. The minimum absolute atomic E-state index is 0.137. The van der Waals surface area contributed by atoms with Gasteiger partial charge in [0.2, 0.25) is 5.84 Å². The maximum absolute atomic E-state index is 11.9. The first kappa shape index (κ1) is 13.1. The van der Waals surface area contributed by atoms with Gasteiger partial charge in [-0.05, 0) is 24.3 Å². The molecule has 2 aromatic carbocycles. The van der Waals surface area contributed by atoms with Gasteiger partial charge in [-0.25, -0.2) is 4.98 Å². The summed E-state index contributed by atoms with van der Waals surface area (Å²) < 4.78 is 1.69. The van der Waals surface area contributed by atoms with Gasteiger partial charge in [0.15, 0.2) is 5.78 Å². The van der Waals surface area contributed by atoms with Gasteiger partial charge in [-0.3, -0.25) is 14.8 Å². The maximum Gasteiger partial charge on any atom is 0.201 e. The van der Waals surface area contributed by atoms with Crippen molar-refractivity contribution in [1.82, 2.24) is 9.55 Å². The Balaban J connectivity index is 2.00. The normalized spacial score (nSPS) is 11.6. The van der Waals surface area contributed by atoms with Crippen molar-refractivity contribution < 1.29 is 4.79 Å². The summed E-state index contributed by atoms with van der Waals surface area (Å²) in [6.07, 6.45) is 1.61. The number of benzene rings is 2. The van der Waals surface area contributed by atoms with Gasteiger partial charge in [0.05, 0.1) is 16.7 Å². The van der Waals surface area contributed by atoms with E-state index in [4.69, 9.17) is 0 Å². The van der Waals surface area contributed by atoms with Crippen LogP contribution < -0.4 is 5.43 Å². The van der Waals surface area contributed by atoms with Crippen LogP contribution in [0, 0.1) is 0 Å². The molecule has 0 saturated carbocycles. The van der Waals surface area contributed by atoms with Gasteiger partial charge in [-0.1, -0.05) is 30.3 Å². The van der Waals surface area contributed by atoms with E-state index in [0.29, 0.717) is 5.84 Å². The zero-order valence-electron chi connectivity index (χ0n) is 11.5. The number of nitrogens with one attached hydrogen (secondary N) is 1. The van der Waals surface area contributed by atoms with E-state index in [1.165, 1.54) is 6.92 Å². The minimum Gasteiger partial charge on any atom is -0.291 e. The van der Waals surface area contributed by atoms with Crippen molar-refractivity contribution in [2.45, 2.75) is 6.92 Å². The lowest BCUT2D eigenvalue weighted by Crippen LogP contribution is -2.21. The fourth-order valence-corrected chi connectivity index (χ4v) is 2.06. The van der Waals surface area contributed by atoms with E-state index in [1.807, 2.05) is 54.6 Å². The Morgan fingerprint density at radius 2 is 1.81 bits per heavy atom. The molecule has 3 rings (SSSR count). The Bertz CT molecular complexity index is 805. The first-order valence-electron chi connectivity index (χ1n) is 6.58. The topological polar surface area (TPSA) is 59.3 Å². The highest BCUT2D eigenvalue weighted by Crippen LogP contribution is 2.12. The van der Waals surface area contributed by atoms with E-state index >= 15 is 0 Å². The molecular formula is C16H14N4O. The van der Waals surface area contributed by atoms with Gasteiger partial charge < -0.3 is 0 Å². The van der Waals surface area contributed by atoms with Crippen molar-refractivity contribution in [3.8, 4) is 0 Å². The second-order valence-electron chi connectivity index (χ2n) is 4.57. The molecule has 0 spiro atoms. The molecular weight excluding hydrogens is 264 g/mol. The molecule has 0 aliphatic rings. The van der Waals surface area contributed by atoms with Crippen molar-refractivity contribution in [2.75, 3.05) is 5.43 Å². The van der Waals surface area contributed by atoms with Crippen molar-refractivity contribution in [1.29, 1.82) is 0 Å². The number of anilines is 1. The Morgan fingerprint density at radius 1 is 1.10 bits per heavy atom. The highest BCUT2D eigenvalue weighted by molar-refractivity contribution is 6.39. The molecule has 1 aromatic heterocycles. The van der Waals surface area contributed by atoms with Gasteiger partial charge in [0.25, 0.3) is 0 Å². The number of carbonyl (C=O) groups excluding carboxylic acids is 1. The SMILES string of the molecule is CC(=O)C(=NNc1ccccc1)n1cnc2ccccc21. The molecule has 0 atom stereocenters. The highest BCUT2D eigenvalue weighted by atomic mass is 16.1. The number of carbonyl (C=O) groups is 1. The number of para-hydroxylation sites is 3. The molecule has 5 nitrogen and oxygen atoms in total. The van der Waals surface area contributed by atoms with Crippen molar-refractivity contribution in [3.05, 3.63) is 60.9 Å². The lowest BCUT2D eigenvalue weighted by Gasteiger charge is -2.06. The van der Waals surface area contributed by atoms with Gasteiger partial charge in [-0.15, -0.1) is 0 Å². The van der Waals surface area contributed by atoms with Crippen molar-refractivity contribution in [2.24, 2.45) is 5.10 Å². The number of hydrogen-bond acceptors (Lipinski definition) is 4. The molecule has 0 unspecified atom stereocenters. The van der Waals surface area contributed by atoms with Gasteiger partial charge in [0, 0.05) is 6.92 Å². The van der Waals surface area contributed by atoms with Crippen LogP contribution in [0.4, 0.5) is 5.69 Å². The molecule has 0 aliphatic heterocycles. The van der Waals surface area contributed by atoms with Gasteiger partial charge in [0.1, 0.15) is 6.33 Å². The summed E-state index contributed by atoms with van der Waals surface area (Å²) in [5.74, 6) is 0.161. The molecule has 5 heteroatoms. The Labute approximate surface area is 121 Å². The first-order valence-corrected chi connectivity index (χ1v) is 6.58. The smallest absolute Gasteiger partial charge is 0.201 e. The number of nitrogens with zero attached hydrogens (tertiary/aromatic N) is 3. The van der Waals surface area contributed by atoms with Gasteiger partial charge in [-0.2, -0.15) is 5.10 Å².